The van der Waals surface area contributed by atoms with Crippen LogP contribution in [0.4, 0.5) is 5.82 Å². The van der Waals surface area contributed by atoms with E-state index in [0.29, 0.717) is 22.6 Å². The molecular formula is C18H19ClN4O2. The van der Waals surface area contributed by atoms with Crippen molar-refractivity contribution in [3.63, 3.8) is 0 Å². The zero-order valence-corrected chi connectivity index (χ0v) is 14.7. The first-order valence-electron chi connectivity index (χ1n) is 7.99. The molecule has 0 saturated carbocycles. The molecule has 0 bridgehead atoms. The highest BCUT2D eigenvalue weighted by Crippen LogP contribution is 2.24. The molecule has 2 aromatic heterocycles. The Morgan fingerprint density at radius 2 is 1.96 bits per heavy atom. The summed E-state index contributed by atoms with van der Waals surface area (Å²) in [5, 5.41) is 17.5. The molecule has 0 amide bonds. The lowest BCUT2D eigenvalue weighted by Gasteiger charge is -2.17. The molecule has 0 aliphatic carbocycles. The fraction of sp³-hybridized carbons (Fsp3) is 0.278. The second-order valence-corrected chi connectivity index (χ2v) is 6.41. The average Bonchev–Trinajstić information content (AvgIpc) is 3.11. The summed E-state index contributed by atoms with van der Waals surface area (Å²) < 4.78 is 5.32. The van der Waals surface area contributed by atoms with Crippen molar-refractivity contribution in [1.82, 2.24) is 15.1 Å². The summed E-state index contributed by atoms with van der Waals surface area (Å²) in [5.74, 6) is 1.91. The van der Waals surface area contributed by atoms with Gasteiger partial charge in [-0.15, -0.1) is 0 Å². The molecule has 0 radical (unpaired) electrons. The Morgan fingerprint density at radius 3 is 2.60 bits per heavy atom. The van der Waals surface area contributed by atoms with E-state index in [1.807, 2.05) is 32.0 Å². The first kappa shape index (κ1) is 17.4. The Labute approximate surface area is 150 Å². The number of aliphatic hydroxyl groups is 1. The Hall–Kier alpha value is -2.44. The van der Waals surface area contributed by atoms with Gasteiger partial charge >= 0.3 is 0 Å². The molecule has 7 heteroatoms. The van der Waals surface area contributed by atoms with Crippen molar-refractivity contribution < 1.29 is 9.63 Å². The molecule has 3 aromatic rings. The number of nitrogens with zero attached hydrogens (tertiary/aromatic N) is 3. The number of benzene rings is 1. The number of nitrogens with one attached hydrogen (secondary N) is 1. The van der Waals surface area contributed by atoms with Gasteiger partial charge in [0.15, 0.2) is 5.82 Å². The lowest BCUT2D eigenvalue weighted by atomic mass is 10.1. The largest absolute Gasteiger partial charge is 0.394 e. The van der Waals surface area contributed by atoms with Crippen LogP contribution < -0.4 is 5.32 Å². The lowest BCUT2D eigenvalue weighted by molar-refractivity contribution is 0.276. The van der Waals surface area contributed by atoms with E-state index < -0.39 is 0 Å². The highest BCUT2D eigenvalue weighted by atomic mass is 35.5. The Bertz CT molecular complexity index is 833. The average molecular weight is 359 g/mol. The quantitative estimate of drug-likeness (QED) is 0.691. The summed E-state index contributed by atoms with van der Waals surface area (Å²) in [6, 6.07) is 10.6. The molecule has 1 atom stereocenters. The fourth-order valence-corrected chi connectivity index (χ4v) is 2.46. The van der Waals surface area contributed by atoms with Gasteiger partial charge in [-0.05, 0) is 29.8 Å². The molecular weight excluding hydrogens is 340 g/mol. The maximum absolute atomic E-state index is 9.70. The van der Waals surface area contributed by atoms with Crippen molar-refractivity contribution >= 4 is 17.4 Å². The van der Waals surface area contributed by atoms with Crippen molar-refractivity contribution in [3.05, 3.63) is 59.0 Å². The van der Waals surface area contributed by atoms with Crippen molar-refractivity contribution in [1.29, 1.82) is 0 Å². The molecule has 6 nitrogen and oxygen atoms in total. The van der Waals surface area contributed by atoms with Crippen LogP contribution in [0.15, 0.2) is 47.1 Å². The molecule has 0 fully saturated rings. The molecule has 0 saturated heterocycles. The van der Waals surface area contributed by atoms with Crippen LogP contribution in [0.25, 0.3) is 11.5 Å². The first-order chi connectivity index (χ1) is 12.1. The van der Waals surface area contributed by atoms with E-state index in [1.165, 1.54) is 0 Å². The summed E-state index contributed by atoms with van der Waals surface area (Å²) in [4.78, 5) is 8.69. The summed E-state index contributed by atoms with van der Waals surface area (Å²) >= 11 is 5.91. The third-order valence-corrected chi connectivity index (χ3v) is 3.99. The summed E-state index contributed by atoms with van der Waals surface area (Å²) in [6.07, 6.45) is 1.66. The SMILES string of the molecule is CC(C)c1noc(-c2ccnc(NC(CO)c3ccc(Cl)cc3)c2)n1. The van der Waals surface area contributed by atoms with Gasteiger partial charge in [0.25, 0.3) is 5.89 Å². The molecule has 3 rings (SSSR count). The molecule has 1 unspecified atom stereocenters. The van der Waals surface area contributed by atoms with Crippen LogP contribution in [0, 0.1) is 0 Å². The lowest BCUT2D eigenvalue weighted by Crippen LogP contribution is -2.15. The van der Waals surface area contributed by atoms with Gasteiger partial charge in [0.2, 0.25) is 0 Å². The van der Waals surface area contributed by atoms with E-state index in [4.69, 9.17) is 16.1 Å². The van der Waals surface area contributed by atoms with Gasteiger partial charge in [-0.3, -0.25) is 0 Å². The van der Waals surface area contributed by atoms with Crippen LogP contribution in [0.2, 0.25) is 5.02 Å². The predicted molar refractivity (Wildman–Crippen MR) is 96.5 cm³/mol. The normalized spacial score (nSPS) is 12.4. The second-order valence-electron chi connectivity index (χ2n) is 5.97. The van der Waals surface area contributed by atoms with Gasteiger partial charge in [0, 0.05) is 22.7 Å². The van der Waals surface area contributed by atoms with E-state index >= 15 is 0 Å². The van der Waals surface area contributed by atoms with Crippen molar-refractivity contribution in [3.8, 4) is 11.5 Å². The molecule has 0 spiro atoms. The van der Waals surface area contributed by atoms with E-state index in [1.54, 1.807) is 24.4 Å². The number of aliphatic hydroxyl groups excluding tert-OH is 1. The zero-order valence-electron chi connectivity index (χ0n) is 14.0. The van der Waals surface area contributed by atoms with E-state index in [2.05, 4.69) is 20.4 Å². The third kappa shape index (κ3) is 4.15. The molecule has 2 heterocycles. The number of halogens is 1. The third-order valence-electron chi connectivity index (χ3n) is 3.74. The minimum atomic E-state index is -0.297. The van der Waals surface area contributed by atoms with Gasteiger partial charge < -0.3 is 14.9 Å². The highest BCUT2D eigenvalue weighted by Gasteiger charge is 2.14. The van der Waals surface area contributed by atoms with E-state index in [0.717, 1.165) is 11.1 Å². The topological polar surface area (TPSA) is 84.1 Å². The molecule has 1 aromatic carbocycles. The Kier molecular flexibility index (Phi) is 5.31. The number of anilines is 1. The van der Waals surface area contributed by atoms with Crippen LogP contribution in [-0.2, 0) is 0 Å². The predicted octanol–water partition coefficient (Wildman–Crippen LogP) is 4.05. The minimum absolute atomic E-state index is 0.0778. The summed E-state index contributed by atoms with van der Waals surface area (Å²) in [5.41, 5.74) is 1.68. The maximum atomic E-state index is 9.70. The molecule has 130 valence electrons. The Morgan fingerprint density at radius 1 is 1.20 bits per heavy atom. The molecule has 25 heavy (non-hydrogen) atoms. The van der Waals surface area contributed by atoms with E-state index in [9.17, 15) is 5.11 Å². The first-order valence-corrected chi connectivity index (χ1v) is 8.37. The van der Waals surface area contributed by atoms with Crippen LogP contribution in [0.1, 0.15) is 37.2 Å². The standard InChI is InChI=1S/C18H19ClN4O2/c1-11(2)17-22-18(25-23-17)13-7-8-20-16(9-13)21-15(10-24)12-3-5-14(19)6-4-12/h3-9,11,15,24H,10H2,1-2H3,(H,20,21). The number of hydrogen-bond donors (Lipinski definition) is 2. The van der Waals surface area contributed by atoms with Crippen LogP contribution in [-0.4, -0.2) is 26.8 Å². The van der Waals surface area contributed by atoms with Crippen LogP contribution >= 0.6 is 11.6 Å². The highest BCUT2D eigenvalue weighted by molar-refractivity contribution is 6.30. The van der Waals surface area contributed by atoms with Crippen molar-refractivity contribution in [2.24, 2.45) is 0 Å². The minimum Gasteiger partial charge on any atom is -0.394 e. The van der Waals surface area contributed by atoms with Gasteiger partial charge in [0.1, 0.15) is 5.82 Å². The fourth-order valence-electron chi connectivity index (χ4n) is 2.34. The summed E-state index contributed by atoms with van der Waals surface area (Å²) in [7, 11) is 0. The number of aromatic nitrogens is 3. The Balaban J connectivity index is 1.81. The second kappa shape index (κ2) is 7.63. The van der Waals surface area contributed by atoms with Gasteiger partial charge in [0.05, 0.1) is 12.6 Å². The van der Waals surface area contributed by atoms with Gasteiger partial charge in [-0.1, -0.05) is 42.7 Å². The number of hydrogen-bond acceptors (Lipinski definition) is 6. The smallest absolute Gasteiger partial charge is 0.258 e. The van der Waals surface area contributed by atoms with Crippen molar-refractivity contribution in [2.75, 3.05) is 11.9 Å². The number of pyridine rings is 1. The van der Waals surface area contributed by atoms with Crippen LogP contribution in [0.3, 0.4) is 0 Å². The summed E-state index contributed by atoms with van der Waals surface area (Å²) in [6.45, 7) is 3.93. The zero-order chi connectivity index (χ0) is 17.8. The van der Waals surface area contributed by atoms with Crippen molar-refractivity contribution in [2.45, 2.75) is 25.8 Å². The molecule has 0 aliphatic heterocycles. The van der Waals surface area contributed by atoms with Gasteiger partial charge in [-0.2, -0.15) is 4.98 Å². The number of rotatable bonds is 6. The molecule has 0 aliphatic rings. The van der Waals surface area contributed by atoms with Gasteiger partial charge in [-0.25, -0.2) is 4.98 Å². The van der Waals surface area contributed by atoms with E-state index in [-0.39, 0.29) is 18.6 Å². The molecule has 2 N–H and O–H groups in total. The monoisotopic (exact) mass is 358 g/mol. The van der Waals surface area contributed by atoms with Crippen LogP contribution in [0.5, 0.6) is 0 Å². The maximum Gasteiger partial charge on any atom is 0.258 e.